The van der Waals surface area contributed by atoms with Crippen molar-refractivity contribution in [2.45, 2.75) is 17.6 Å². The SMILES string of the molecule is COc1cccc(CSc2ccnc(Nc3nc(C)cs3)c2Oc2ccccc2)c1. The number of hydrogen-bond acceptors (Lipinski definition) is 7. The van der Waals surface area contributed by atoms with E-state index >= 15 is 0 Å². The summed E-state index contributed by atoms with van der Waals surface area (Å²) in [6.07, 6.45) is 1.79. The van der Waals surface area contributed by atoms with Gasteiger partial charge in [-0.25, -0.2) is 9.97 Å². The molecule has 0 unspecified atom stereocenters. The Balaban J connectivity index is 1.63. The van der Waals surface area contributed by atoms with Crippen molar-refractivity contribution in [2.24, 2.45) is 0 Å². The van der Waals surface area contributed by atoms with Crippen molar-refractivity contribution in [2.75, 3.05) is 12.4 Å². The molecule has 2 aromatic heterocycles. The summed E-state index contributed by atoms with van der Waals surface area (Å²) in [4.78, 5) is 10.0. The van der Waals surface area contributed by atoms with Crippen molar-refractivity contribution in [1.29, 1.82) is 0 Å². The number of benzene rings is 2. The zero-order valence-electron chi connectivity index (χ0n) is 16.7. The quantitative estimate of drug-likeness (QED) is 0.311. The highest BCUT2D eigenvalue weighted by molar-refractivity contribution is 7.98. The minimum atomic E-state index is 0.642. The maximum absolute atomic E-state index is 6.26. The zero-order valence-corrected chi connectivity index (χ0v) is 18.3. The average molecular weight is 436 g/mol. The second kappa shape index (κ2) is 9.65. The van der Waals surface area contributed by atoms with E-state index in [0.29, 0.717) is 11.6 Å². The number of thioether (sulfide) groups is 1. The fourth-order valence-electron chi connectivity index (χ4n) is 2.77. The Hall–Kier alpha value is -3.03. The number of aromatic nitrogens is 2. The molecule has 0 radical (unpaired) electrons. The Labute approximate surface area is 184 Å². The standard InChI is InChI=1S/C23H21N3O2S2/c1-16-14-30-23(25-16)26-22-21(28-18-8-4-3-5-9-18)20(11-12-24-22)29-15-17-7-6-10-19(13-17)27-2/h3-14H,15H2,1-2H3,(H,24,25,26). The van der Waals surface area contributed by atoms with Crippen molar-refractivity contribution < 1.29 is 9.47 Å². The molecule has 5 nitrogen and oxygen atoms in total. The van der Waals surface area contributed by atoms with Gasteiger partial charge in [0, 0.05) is 17.3 Å². The predicted molar refractivity (Wildman–Crippen MR) is 123 cm³/mol. The lowest BCUT2D eigenvalue weighted by molar-refractivity contribution is 0.414. The van der Waals surface area contributed by atoms with E-state index in [0.717, 1.165) is 33.0 Å². The van der Waals surface area contributed by atoms with Gasteiger partial charge < -0.3 is 14.8 Å². The lowest BCUT2D eigenvalue weighted by Crippen LogP contribution is -1.99. The van der Waals surface area contributed by atoms with Gasteiger partial charge in [-0.3, -0.25) is 0 Å². The van der Waals surface area contributed by atoms with E-state index in [2.05, 4.69) is 21.4 Å². The summed E-state index contributed by atoms with van der Waals surface area (Å²) in [5, 5.41) is 6.09. The van der Waals surface area contributed by atoms with Crippen LogP contribution in [0, 0.1) is 6.92 Å². The number of ether oxygens (including phenoxy) is 2. The number of nitrogens with one attached hydrogen (secondary N) is 1. The lowest BCUT2D eigenvalue weighted by Gasteiger charge is -2.15. The molecule has 0 aliphatic rings. The molecule has 0 spiro atoms. The van der Waals surface area contributed by atoms with Crippen LogP contribution < -0.4 is 14.8 Å². The molecule has 0 saturated heterocycles. The summed E-state index contributed by atoms with van der Waals surface area (Å²) in [7, 11) is 1.68. The van der Waals surface area contributed by atoms with Gasteiger partial charge in [0.1, 0.15) is 11.5 Å². The summed E-state index contributed by atoms with van der Waals surface area (Å²) < 4.78 is 11.6. The number of pyridine rings is 1. The Morgan fingerprint density at radius 1 is 1.03 bits per heavy atom. The molecule has 0 fully saturated rings. The third kappa shape index (κ3) is 5.11. The lowest BCUT2D eigenvalue weighted by atomic mass is 10.2. The van der Waals surface area contributed by atoms with Gasteiger partial charge in [0.05, 0.1) is 17.7 Å². The Morgan fingerprint density at radius 3 is 2.63 bits per heavy atom. The molecule has 30 heavy (non-hydrogen) atoms. The Morgan fingerprint density at radius 2 is 1.87 bits per heavy atom. The average Bonchev–Trinajstić information content (AvgIpc) is 3.19. The summed E-state index contributed by atoms with van der Waals surface area (Å²) >= 11 is 3.23. The minimum absolute atomic E-state index is 0.642. The highest BCUT2D eigenvalue weighted by Crippen LogP contribution is 2.40. The van der Waals surface area contributed by atoms with Gasteiger partial charge in [0.15, 0.2) is 16.7 Å². The van der Waals surface area contributed by atoms with Crippen LogP contribution in [-0.2, 0) is 5.75 Å². The van der Waals surface area contributed by atoms with Crippen molar-refractivity contribution >= 4 is 34.0 Å². The van der Waals surface area contributed by atoms with Crippen LogP contribution >= 0.6 is 23.1 Å². The first-order valence-electron chi connectivity index (χ1n) is 9.38. The van der Waals surface area contributed by atoms with E-state index in [1.54, 1.807) is 36.4 Å². The molecule has 2 heterocycles. The van der Waals surface area contributed by atoms with E-state index in [9.17, 15) is 0 Å². The number of thiazole rings is 1. The zero-order chi connectivity index (χ0) is 20.8. The fourth-order valence-corrected chi connectivity index (χ4v) is 4.39. The van der Waals surface area contributed by atoms with Crippen LogP contribution in [0.4, 0.5) is 10.9 Å². The normalized spacial score (nSPS) is 10.6. The minimum Gasteiger partial charge on any atom is -0.497 e. The van der Waals surface area contributed by atoms with Crippen molar-refractivity contribution in [3.8, 4) is 17.2 Å². The highest BCUT2D eigenvalue weighted by Gasteiger charge is 2.15. The first-order chi connectivity index (χ1) is 14.7. The highest BCUT2D eigenvalue weighted by atomic mass is 32.2. The molecule has 0 aliphatic carbocycles. The second-order valence-electron chi connectivity index (χ2n) is 6.46. The molecule has 4 aromatic rings. The van der Waals surface area contributed by atoms with Crippen LogP contribution in [0.3, 0.4) is 0 Å². The number of nitrogens with zero attached hydrogens (tertiary/aromatic N) is 2. The molecule has 4 rings (SSSR count). The number of para-hydroxylation sites is 1. The Bertz CT molecular complexity index is 1120. The number of hydrogen-bond donors (Lipinski definition) is 1. The third-order valence-corrected chi connectivity index (χ3v) is 6.19. The largest absolute Gasteiger partial charge is 0.497 e. The van der Waals surface area contributed by atoms with Gasteiger partial charge in [-0.1, -0.05) is 30.3 Å². The van der Waals surface area contributed by atoms with Crippen molar-refractivity contribution in [3.05, 3.63) is 83.5 Å². The monoisotopic (exact) mass is 435 g/mol. The number of methoxy groups -OCH3 is 1. The van der Waals surface area contributed by atoms with Crippen LogP contribution in [-0.4, -0.2) is 17.1 Å². The van der Waals surface area contributed by atoms with Gasteiger partial charge in [-0.05, 0) is 42.8 Å². The van der Waals surface area contributed by atoms with E-state index < -0.39 is 0 Å². The maximum atomic E-state index is 6.26. The van der Waals surface area contributed by atoms with Crippen molar-refractivity contribution in [1.82, 2.24) is 9.97 Å². The molecule has 0 saturated carbocycles. The van der Waals surface area contributed by atoms with E-state index in [4.69, 9.17) is 9.47 Å². The first kappa shape index (κ1) is 20.3. The fraction of sp³-hybridized carbons (Fsp3) is 0.130. The molecule has 0 atom stereocenters. The summed E-state index contributed by atoms with van der Waals surface area (Å²) in [6, 6.07) is 19.8. The van der Waals surface area contributed by atoms with Gasteiger partial charge in [-0.2, -0.15) is 0 Å². The molecule has 7 heteroatoms. The van der Waals surface area contributed by atoms with E-state index in [-0.39, 0.29) is 0 Å². The number of anilines is 2. The number of aryl methyl sites for hydroxylation is 1. The molecular formula is C23H21N3O2S2. The maximum Gasteiger partial charge on any atom is 0.188 e. The van der Waals surface area contributed by atoms with Gasteiger partial charge in [0.2, 0.25) is 0 Å². The van der Waals surface area contributed by atoms with Gasteiger partial charge in [0.25, 0.3) is 0 Å². The third-order valence-electron chi connectivity index (χ3n) is 4.20. The van der Waals surface area contributed by atoms with Crippen LogP contribution in [0.15, 0.2) is 77.1 Å². The van der Waals surface area contributed by atoms with Crippen LogP contribution in [0.25, 0.3) is 0 Å². The van der Waals surface area contributed by atoms with E-state index in [1.807, 2.05) is 66.9 Å². The molecule has 2 aromatic carbocycles. The second-order valence-corrected chi connectivity index (χ2v) is 8.34. The molecule has 0 aliphatic heterocycles. The molecule has 152 valence electrons. The predicted octanol–water partition coefficient (Wildman–Crippen LogP) is 6.68. The van der Waals surface area contributed by atoms with Gasteiger partial charge >= 0.3 is 0 Å². The molecule has 0 amide bonds. The molecular weight excluding hydrogens is 414 g/mol. The first-order valence-corrected chi connectivity index (χ1v) is 11.2. The summed E-state index contributed by atoms with van der Waals surface area (Å²) in [5.74, 6) is 3.72. The number of rotatable bonds is 8. The smallest absolute Gasteiger partial charge is 0.188 e. The van der Waals surface area contributed by atoms with Crippen LogP contribution in [0.1, 0.15) is 11.3 Å². The molecule has 0 bridgehead atoms. The van der Waals surface area contributed by atoms with Crippen LogP contribution in [0.2, 0.25) is 0 Å². The summed E-state index contributed by atoms with van der Waals surface area (Å²) in [6.45, 7) is 1.97. The van der Waals surface area contributed by atoms with Crippen LogP contribution in [0.5, 0.6) is 17.2 Å². The van der Waals surface area contributed by atoms with Crippen molar-refractivity contribution in [3.63, 3.8) is 0 Å². The van der Waals surface area contributed by atoms with E-state index in [1.165, 1.54) is 5.56 Å². The Kier molecular flexibility index (Phi) is 6.51. The summed E-state index contributed by atoms with van der Waals surface area (Å²) in [5.41, 5.74) is 2.14. The topological polar surface area (TPSA) is 56.3 Å². The van der Waals surface area contributed by atoms with Gasteiger partial charge in [-0.15, -0.1) is 23.1 Å². The molecule has 1 N–H and O–H groups in total.